The van der Waals surface area contributed by atoms with E-state index in [4.69, 9.17) is 14.9 Å². The van der Waals surface area contributed by atoms with E-state index in [1.54, 1.807) is 18.2 Å². The number of non-ortho nitro benzene ring substituents is 1. The highest BCUT2D eigenvalue weighted by Gasteiger charge is 2.21. The van der Waals surface area contributed by atoms with Gasteiger partial charge in [-0.1, -0.05) is 0 Å². The average Bonchev–Trinajstić information content (AvgIpc) is 2.97. The molecule has 3 aromatic rings. The number of aromatic nitrogens is 1. The number of carbonyl (C=O) groups is 1. The number of rotatable bonds is 4. The Hall–Kier alpha value is -2.94. The van der Waals surface area contributed by atoms with Gasteiger partial charge in [0.05, 0.1) is 22.1 Å². The van der Waals surface area contributed by atoms with Crippen LogP contribution in [0.25, 0.3) is 22.6 Å². The van der Waals surface area contributed by atoms with Crippen LogP contribution in [0.15, 0.2) is 39.2 Å². The van der Waals surface area contributed by atoms with Crippen molar-refractivity contribution in [2.24, 2.45) is 5.73 Å². The number of nitro benzene ring substituents is 1. The van der Waals surface area contributed by atoms with Crippen molar-refractivity contribution in [3.63, 3.8) is 0 Å². The number of hydrogen-bond acceptors (Lipinski definition) is 6. The summed E-state index contributed by atoms with van der Waals surface area (Å²) >= 11 is 3.36. The zero-order chi connectivity index (χ0) is 17.4. The fraction of sp³-hybridized carbons (Fsp3) is 0.0667. The van der Waals surface area contributed by atoms with E-state index in [1.165, 1.54) is 13.2 Å². The van der Waals surface area contributed by atoms with Gasteiger partial charge in [-0.3, -0.25) is 14.9 Å². The van der Waals surface area contributed by atoms with Crippen LogP contribution in [0.4, 0.5) is 5.69 Å². The molecule has 1 amide bonds. The van der Waals surface area contributed by atoms with Gasteiger partial charge in [-0.15, -0.1) is 0 Å². The highest BCUT2D eigenvalue weighted by molar-refractivity contribution is 9.10. The summed E-state index contributed by atoms with van der Waals surface area (Å²) in [4.78, 5) is 26.2. The van der Waals surface area contributed by atoms with Gasteiger partial charge in [0.25, 0.3) is 11.6 Å². The maximum Gasteiger partial charge on any atom is 0.272 e. The molecule has 24 heavy (non-hydrogen) atoms. The molecular formula is C15H10BrN3O5. The Balaban J connectivity index is 2.21. The van der Waals surface area contributed by atoms with E-state index in [9.17, 15) is 14.9 Å². The lowest BCUT2D eigenvalue weighted by Gasteiger charge is -2.03. The molecule has 122 valence electrons. The van der Waals surface area contributed by atoms with E-state index in [-0.39, 0.29) is 28.2 Å². The fourth-order valence-corrected chi connectivity index (χ4v) is 2.77. The maximum absolute atomic E-state index is 11.6. The third-order valence-corrected chi connectivity index (χ3v) is 3.97. The van der Waals surface area contributed by atoms with Crippen LogP contribution in [-0.4, -0.2) is 22.9 Å². The number of nitrogens with zero attached hydrogens (tertiary/aromatic N) is 2. The monoisotopic (exact) mass is 391 g/mol. The molecule has 0 aliphatic rings. The predicted octanol–water partition coefficient (Wildman–Crippen LogP) is 3.27. The Labute approximate surface area is 143 Å². The Morgan fingerprint density at radius 1 is 1.38 bits per heavy atom. The van der Waals surface area contributed by atoms with E-state index in [0.29, 0.717) is 15.8 Å². The van der Waals surface area contributed by atoms with Crippen LogP contribution in [0.2, 0.25) is 0 Å². The Bertz CT molecular complexity index is 983. The van der Waals surface area contributed by atoms with Crippen molar-refractivity contribution in [3.05, 3.63) is 50.5 Å². The van der Waals surface area contributed by atoms with Gasteiger partial charge in [0.15, 0.2) is 5.58 Å². The molecule has 0 saturated carbocycles. The summed E-state index contributed by atoms with van der Waals surface area (Å²) in [5.74, 6) is 0.00184. The molecule has 8 nitrogen and oxygen atoms in total. The molecular weight excluding hydrogens is 382 g/mol. The van der Waals surface area contributed by atoms with Gasteiger partial charge < -0.3 is 14.9 Å². The predicted molar refractivity (Wildman–Crippen MR) is 88.9 cm³/mol. The molecule has 1 heterocycles. The molecule has 0 atom stereocenters. The standard InChI is InChI=1S/C15H10BrN3O5/c1-23-12-3-2-7(4-10(12)16)15-18-11-6-8(19(21)22)5-9(14(17)20)13(11)24-15/h2-6H,1H3,(H2,17,20). The number of oxazole rings is 1. The minimum Gasteiger partial charge on any atom is -0.496 e. The van der Waals surface area contributed by atoms with Crippen molar-refractivity contribution in [1.82, 2.24) is 4.98 Å². The number of benzene rings is 2. The molecule has 0 spiro atoms. The third kappa shape index (κ3) is 2.69. The Morgan fingerprint density at radius 2 is 2.12 bits per heavy atom. The smallest absolute Gasteiger partial charge is 0.272 e. The number of carbonyl (C=O) groups excluding carboxylic acids is 1. The second-order valence-corrected chi connectivity index (χ2v) is 5.69. The largest absolute Gasteiger partial charge is 0.496 e. The number of halogens is 1. The van der Waals surface area contributed by atoms with Crippen molar-refractivity contribution in [3.8, 4) is 17.2 Å². The van der Waals surface area contributed by atoms with Gasteiger partial charge in [0, 0.05) is 17.7 Å². The molecule has 0 radical (unpaired) electrons. The fourth-order valence-electron chi connectivity index (χ4n) is 2.23. The first kappa shape index (κ1) is 15.9. The molecule has 9 heteroatoms. The number of amides is 1. The van der Waals surface area contributed by atoms with Gasteiger partial charge in [-0.2, -0.15) is 0 Å². The maximum atomic E-state index is 11.6. The minimum atomic E-state index is -0.831. The second-order valence-electron chi connectivity index (χ2n) is 4.83. The van der Waals surface area contributed by atoms with Crippen LogP contribution < -0.4 is 10.5 Å². The molecule has 0 aliphatic carbocycles. The Morgan fingerprint density at radius 3 is 2.71 bits per heavy atom. The quantitative estimate of drug-likeness (QED) is 0.537. The summed E-state index contributed by atoms with van der Waals surface area (Å²) < 4.78 is 11.5. The van der Waals surface area contributed by atoms with Crippen LogP contribution in [0.1, 0.15) is 10.4 Å². The van der Waals surface area contributed by atoms with Crippen molar-refractivity contribution < 1.29 is 18.9 Å². The molecule has 3 rings (SSSR count). The van der Waals surface area contributed by atoms with E-state index in [1.807, 2.05) is 0 Å². The van der Waals surface area contributed by atoms with Crippen molar-refractivity contribution in [2.45, 2.75) is 0 Å². The number of fused-ring (bicyclic) bond motifs is 1. The first-order valence-electron chi connectivity index (χ1n) is 6.63. The van der Waals surface area contributed by atoms with Gasteiger partial charge in [0.1, 0.15) is 11.3 Å². The summed E-state index contributed by atoms with van der Waals surface area (Å²) in [5, 5.41) is 11.0. The Kier molecular flexibility index (Phi) is 3.94. The van der Waals surface area contributed by atoms with Gasteiger partial charge in [0.2, 0.25) is 5.89 Å². The third-order valence-electron chi connectivity index (χ3n) is 3.35. The first-order valence-corrected chi connectivity index (χ1v) is 7.42. The SMILES string of the molecule is COc1ccc(-c2nc3cc([N+](=O)[O-])cc(C(N)=O)c3o2)cc1Br. The number of hydrogen-bond donors (Lipinski definition) is 1. The summed E-state index contributed by atoms with van der Waals surface area (Å²) in [5.41, 5.74) is 5.80. The van der Waals surface area contributed by atoms with Crippen LogP contribution >= 0.6 is 15.9 Å². The van der Waals surface area contributed by atoms with Gasteiger partial charge in [-0.25, -0.2) is 4.98 Å². The number of nitrogens with two attached hydrogens (primary N) is 1. The molecule has 2 N–H and O–H groups in total. The molecule has 0 fully saturated rings. The minimum absolute atomic E-state index is 0.0921. The number of methoxy groups -OCH3 is 1. The van der Waals surface area contributed by atoms with Crippen molar-refractivity contribution >= 4 is 38.6 Å². The molecule has 0 aliphatic heterocycles. The zero-order valence-corrected chi connectivity index (χ0v) is 13.9. The van der Waals surface area contributed by atoms with Crippen LogP contribution in [0.5, 0.6) is 5.75 Å². The first-order chi connectivity index (χ1) is 11.4. The lowest BCUT2D eigenvalue weighted by Crippen LogP contribution is -2.11. The molecule has 1 aromatic heterocycles. The number of nitro groups is 1. The van der Waals surface area contributed by atoms with Crippen molar-refractivity contribution in [2.75, 3.05) is 7.11 Å². The summed E-state index contributed by atoms with van der Waals surface area (Å²) in [6, 6.07) is 7.46. The van der Waals surface area contributed by atoms with Crippen LogP contribution in [-0.2, 0) is 0 Å². The summed E-state index contributed by atoms with van der Waals surface area (Å²) in [6.45, 7) is 0. The molecule has 0 unspecified atom stereocenters. The average molecular weight is 392 g/mol. The second kappa shape index (κ2) is 5.93. The lowest BCUT2D eigenvalue weighted by atomic mass is 10.1. The number of ether oxygens (including phenoxy) is 1. The number of primary amides is 1. The molecule has 0 saturated heterocycles. The van der Waals surface area contributed by atoms with E-state index in [0.717, 1.165) is 6.07 Å². The van der Waals surface area contributed by atoms with E-state index >= 15 is 0 Å². The summed E-state index contributed by atoms with van der Waals surface area (Å²) in [7, 11) is 1.54. The molecule has 0 bridgehead atoms. The van der Waals surface area contributed by atoms with Gasteiger partial charge >= 0.3 is 0 Å². The highest BCUT2D eigenvalue weighted by Crippen LogP contribution is 2.33. The van der Waals surface area contributed by atoms with E-state index in [2.05, 4.69) is 20.9 Å². The highest BCUT2D eigenvalue weighted by atomic mass is 79.9. The van der Waals surface area contributed by atoms with E-state index < -0.39 is 10.8 Å². The topological polar surface area (TPSA) is 121 Å². The van der Waals surface area contributed by atoms with Crippen LogP contribution in [0, 0.1) is 10.1 Å². The van der Waals surface area contributed by atoms with Crippen LogP contribution in [0.3, 0.4) is 0 Å². The van der Waals surface area contributed by atoms with Gasteiger partial charge in [-0.05, 0) is 34.1 Å². The van der Waals surface area contributed by atoms with Crippen molar-refractivity contribution in [1.29, 1.82) is 0 Å². The zero-order valence-electron chi connectivity index (χ0n) is 12.3. The summed E-state index contributed by atoms with van der Waals surface area (Å²) in [6.07, 6.45) is 0. The molecule has 2 aromatic carbocycles. The normalized spacial score (nSPS) is 10.8. The lowest BCUT2D eigenvalue weighted by molar-refractivity contribution is -0.384.